The number of nitrogens with one attached hydrogen (secondary N) is 1. The summed E-state index contributed by atoms with van der Waals surface area (Å²) in [6.07, 6.45) is 0.724. The highest BCUT2D eigenvalue weighted by Crippen LogP contribution is 2.13. The highest BCUT2D eigenvalue weighted by atomic mass is 79.9. The largest absolute Gasteiger partial charge is 0.375 e. The van der Waals surface area contributed by atoms with Crippen LogP contribution in [0, 0.1) is 5.41 Å². The van der Waals surface area contributed by atoms with Gasteiger partial charge >= 0.3 is 0 Å². The summed E-state index contributed by atoms with van der Waals surface area (Å²) >= 11 is 3.36. The molecule has 0 spiro atoms. The molecule has 0 radical (unpaired) electrons. The van der Waals surface area contributed by atoms with E-state index in [2.05, 4.69) is 15.9 Å². The van der Waals surface area contributed by atoms with Gasteiger partial charge in [-0.3, -0.25) is 0 Å². The molecule has 0 saturated heterocycles. The van der Waals surface area contributed by atoms with Crippen molar-refractivity contribution in [2.45, 2.75) is 19.4 Å². The summed E-state index contributed by atoms with van der Waals surface area (Å²) in [5, 5.41) is 7.92. The number of ether oxygens (including phenoxy) is 1. The summed E-state index contributed by atoms with van der Waals surface area (Å²) in [4.78, 5) is 0. The minimum absolute atomic E-state index is 0.101. The normalized spacial score (nSPS) is 12.5. The van der Waals surface area contributed by atoms with E-state index in [4.69, 9.17) is 10.1 Å². The van der Waals surface area contributed by atoms with Gasteiger partial charge in [0.2, 0.25) is 0 Å². The molecular formula is C11H14BrNO. The Bertz CT molecular complexity index is 304. The van der Waals surface area contributed by atoms with E-state index in [-0.39, 0.29) is 6.10 Å². The lowest BCUT2D eigenvalue weighted by atomic mass is 10.0. The molecule has 1 atom stereocenters. The van der Waals surface area contributed by atoms with Gasteiger partial charge in [0.15, 0.2) is 0 Å². The van der Waals surface area contributed by atoms with E-state index in [0.717, 1.165) is 16.5 Å². The zero-order valence-electron chi connectivity index (χ0n) is 8.38. The Morgan fingerprint density at radius 3 is 2.43 bits per heavy atom. The van der Waals surface area contributed by atoms with E-state index < -0.39 is 0 Å². The Morgan fingerprint density at radius 1 is 1.43 bits per heavy atom. The van der Waals surface area contributed by atoms with Crippen LogP contribution in [0.15, 0.2) is 28.7 Å². The van der Waals surface area contributed by atoms with Crippen molar-refractivity contribution in [3.05, 3.63) is 34.3 Å². The van der Waals surface area contributed by atoms with Crippen LogP contribution < -0.4 is 0 Å². The molecule has 0 amide bonds. The Labute approximate surface area is 92.9 Å². The summed E-state index contributed by atoms with van der Waals surface area (Å²) < 4.78 is 6.24. The van der Waals surface area contributed by atoms with Crippen LogP contribution in [0.2, 0.25) is 0 Å². The standard InChI is InChI=1S/C11H14BrNO/c1-3-10(14-2)11(13)8-4-6-9(12)7-5-8/h4-7,10,13H,3H2,1-2H3/t10-/m0/s1. The van der Waals surface area contributed by atoms with Gasteiger partial charge in [-0.25, -0.2) is 0 Å². The molecule has 0 aromatic heterocycles. The third kappa shape index (κ3) is 2.66. The Kier molecular flexibility index (Phi) is 4.29. The smallest absolute Gasteiger partial charge is 0.0987 e. The first-order valence-electron chi connectivity index (χ1n) is 4.56. The summed E-state index contributed by atoms with van der Waals surface area (Å²) in [6.45, 7) is 2.02. The summed E-state index contributed by atoms with van der Waals surface area (Å²) in [5.74, 6) is 0. The molecular weight excluding hydrogens is 242 g/mol. The van der Waals surface area contributed by atoms with Crippen LogP contribution in [-0.4, -0.2) is 18.9 Å². The van der Waals surface area contributed by atoms with E-state index in [1.807, 2.05) is 31.2 Å². The minimum atomic E-state index is -0.101. The van der Waals surface area contributed by atoms with Crippen LogP contribution in [0.25, 0.3) is 0 Å². The van der Waals surface area contributed by atoms with Crippen molar-refractivity contribution in [2.24, 2.45) is 0 Å². The van der Waals surface area contributed by atoms with E-state index in [1.165, 1.54) is 0 Å². The maximum atomic E-state index is 7.92. The third-order valence-corrected chi connectivity index (χ3v) is 2.66. The average molecular weight is 256 g/mol. The molecule has 0 unspecified atom stereocenters. The summed E-state index contributed by atoms with van der Waals surface area (Å²) in [7, 11) is 1.64. The van der Waals surface area contributed by atoms with Crippen LogP contribution in [0.1, 0.15) is 18.9 Å². The van der Waals surface area contributed by atoms with Crippen molar-refractivity contribution in [3.8, 4) is 0 Å². The molecule has 3 heteroatoms. The molecule has 1 aromatic rings. The van der Waals surface area contributed by atoms with Gasteiger partial charge < -0.3 is 10.1 Å². The quantitative estimate of drug-likeness (QED) is 0.824. The fraction of sp³-hybridized carbons (Fsp3) is 0.364. The fourth-order valence-corrected chi connectivity index (χ4v) is 1.57. The van der Waals surface area contributed by atoms with Crippen LogP contribution in [0.4, 0.5) is 0 Å². The first-order chi connectivity index (χ1) is 6.69. The molecule has 0 aliphatic rings. The second-order valence-corrected chi connectivity index (χ2v) is 3.97. The third-order valence-electron chi connectivity index (χ3n) is 2.13. The van der Waals surface area contributed by atoms with Crippen molar-refractivity contribution >= 4 is 21.6 Å². The highest BCUT2D eigenvalue weighted by molar-refractivity contribution is 9.10. The fourth-order valence-electron chi connectivity index (χ4n) is 1.30. The lowest BCUT2D eigenvalue weighted by molar-refractivity contribution is 0.152. The second-order valence-electron chi connectivity index (χ2n) is 3.05. The molecule has 2 nitrogen and oxygen atoms in total. The van der Waals surface area contributed by atoms with Crippen molar-refractivity contribution in [2.75, 3.05) is 7.11 Å². The molecule has 76 valence electrons. The summed E-state index contributed by atoms with van der Waals surface area (Å²) in [5.41, 5.74) is 1.46. The van der Waals surface area contributed by atoms with Crippen molar-refractivity contribution in [1.29, 1.82) is 5.41 Å². The lowest BCUT2D eigenvalue weighted by Crippen LogP contribution is -2.21. The topological polar surface area (TPSA) is 33.1 Å². The molecule has 0 bridgehead atoms. The minimum Gasteiger partial charge on any atom is -0.375 e. The number of hydrogen-bond acceptors (Lipinski definition) is 2. The maximum absolute atomic E-state index is 7.92. The van der Waals surface area contributed by atoms with E-state index in [1.54, 1.807) is 7.11 Å². The van der Waals surface area contributed by atoms with Crippen LogP contribution in [-0.2, 0) is 4.74 Å². The highest BCUT2D eigenvalue weighted by Gasteiger charge is 2.12. The molecule has 1 rings (SSSR count). The van der Waals surface area contributed by atoms with E-state index in [0.29, 0.717) is 5.71 Å². The molecule has 1 aromatic carbocycles. The molecule has 0 aliphatic heterocycles. The molecule has 0 saturated carbocycles. The van der Waals surface area contributed by atoms with Gasteiger partial charge in [-0.05, 0) is 24.1 Å². The van der Waals surface area contributed by atoms with Crippen molar-refractivity contribution in [3.63, 3.8) is 0 Å². The number of methoxy groups -OCH3 is 1. The number of rotatable bonds is 4. The SMILES string of the molecule is CC[C@H](OC)C(=N)c1ccc(Br)cc1. The van der Waals surface area contributed by atoms with E-state index >= 15 is 0 Å². The first-order valence-corrected chi connectivity index (χ1v) is 5.35. The Hall–Kier alpha value is -0.670. The average Bonchev–Trinajstić information content (AvgIpc) is 2.20. The molecule has 0 heterocycles. The van der Waals surface area contributed by atoms with Crippen LogP contribution >= 0.6 is 15.9 Å². The predicted molar refractivity (Wildman–Crippen MR) is 62.1 cm³/mol. The van der Waals surface area contributed by atoms with Crippen LogP contribution in [0.3, 0.4) is 0 Å². The molecule has 0 aliphatic carbocycles. The van der Waals surface area contributed by atoms with Gasteiger partial charge in [0, 0.05) is 11.6 Å². The Balaban J connectivity index is 2.83. The number of hydrogen-bond donors (Lipinski definition) is 1. The van der Waals surface area contributed by atoms with Gasteiger partial charge in [-0.1, -0.05) is 35.0 Å². The first kappa shape index (κ1) is 11.4. The van der Waals surface area contributed by atoms with Crippen molar-refractivity contribution < 1.29 is 4.74 Å². The van der Waals surface area contributed by atoms with Gasteiger partial charge in [0.05, 0.1) is 11.8 Å². The second kappa shape index (κ2) is 5.27. The molecule has 14 heavy (non-hydrogen) atoms. The van der Waals surface area contributed by atoms with Gasteiger partial charge in [0.25, 0.3) is 0 Å². The molecule has 0 fully saturated rings. The van der Waals surface area contributed by atoms with Crippen LogP contribution in [0.5, 0.6) is 0 Å². The Morgan fingerprint density at radius 2 is 2.00 bits per heavy atom. The monoisotopic (exact) mass is 255 g/mol. The zero-order valence-corrected chi connectivity index (χ0v) is 9.97. The van der Waals surface area contributed by atoms with E-state index in [9.17, 15) is 0 Å². The zero-order chi connectivity index (χ0) is 10.6. The predicted octanol–water partition coefficient (Wildman–Crippen LogP) is 3.24. The van der Waals surface area contributed by atoms with Crippen molar-refractivity contribution in [1.82, 2.24) is 0 Å². The lowest BCUT2D eigenvalue weighted by Gasteiger charge is -2.14. The van der Waals surface area contributed by atoms with Gasteiger partial charge in [0.1, 0.15) is 0 Å². The van der Waals surface area contributed by atoms with Gasteiger partial charge in [-0.15, -0.1) is 0 Å². The van der Waals surface area contributed by atoms with Gasteiger partial charge in [-0.2, -0.15) is 0 Å². The maximum Gasteiger partial charge on any atom is 0.0987 e. The number of halogens is 1. The molecule has 1 N–H and O–H groups in total. The summed E-state index contributed by atoms with van der Waals surface area (Å²) in [6, 6.07) is 7.72. The number of benzene rings is 1.